The largest absolute Gasteiger partial charge is 0.350 e. The van der Waals surface area contributed by atoms with E-state index in [4.69, 9.17) is 0 Å². The van der Waals surface area contributed by atoms with Gasteiger partial charge in [-0.25, -0.2) is 4.90 Å². The Morgan fingerprint density at radius 3 is 2.13 bits per heavy atom. The van der Waals surface area contributed by atoms with Crippen LogP contribution < -0.4 is 10.2 Å². The molecule has 0 bridgehead atoms. The Labute approximate surface area is 180 Å². The lowest BCUT2D eigenvalue weighted by atomic mass is 10.0. The first kappa shape index (κ1) is 18.8. The first-order chi connectivity index (χ1) is 15.1. The molecule has 4 nitrogen and oxygen atoms in total. The average molecular weight is 404 g/mol. The van der Waals surface area contributed by atoms with Crippen LogP contribution >= 0.6 is 0 Å². The standard InChI is InChI=1S/C27H20N2O2/c1-18-14-16-21(17-15-18)28-25-24(20-9-3-2-4-10-20)26(30)29(27(25)31)23-13-7-11-19-8-5-6-12-22(19)23/h2-17,28H,1H3. The Hall–Kier alpha value is -4.18. The third-order valence-electron chi connectivity index (χ3n) is 5.47. The zero-order valence-electron chi connectivity index (χ0n) is 17.0. The van der Waals surface area contributed by atoms with Gasteiger partial charge >= 0.3 is 0 Å². The predicted octanol–water partition coefficient (Wildman–Crippen LogP) is 5.54. The van der Waals surface area contributed by atoms with E-state index >= 15 is 0 Å². The Kier molecular flexibility index (Phi) is 4.60. The van der Waals surface area contributed by atoms with Crippen LogP contribution in [0.2, 0.25) is 0 Å². The number of amides is 2. The molecule has 0 radical (unpaired) electrons. The van der Waals surface area contributed by atoms with Crippen molar-refractivity contribution in [1.29, 1.82) is 0 Å². The number of benzene rings is 4. The summed E-state index contributed by atoms with van der Waals surface area (Å²) in [5.74, 6) is -0.692. The van der Waals surface area contributed by atoms with Crippen LogP contribution in [-0.4, -0.2) is 11.8 Å². The van der Waals surface area contributed by atoms with Crippen LogP contribution in [0.15, 0.2) is 103 Å². The molecule has 0 aliphatic carbocycles. The number of carbonyl (C=O) groups excluding carboxylic acids is 2. The molecule has 5 rings (SSSR count). The van der Waals surface area contributed by atoms with E-state index in [1.165, 1.54) is 4.90 Å². The molecule has 31 heavy (non-hydrogen) atoms. The first-order valence-electron chi connectivity index (χ1n) is 10.1. The molecule has 0 saturated carbocycles. The van der Waals surface area contributed by atoms with Gasteiger partial charge in [-0.1, -0.05) is 84.4 Å². The number of imide groups is 1. The van der Waals surface area contributed by atoms with Crippen LogP contribution in [0, 0.1) is 6.92 Å². The van der Waals surface area contributed by atoms with Crippen LogP contribution in [0.4, 0.5) is 11.4 Å². The Balaban J connectivity index is 1.65. The molecule has 0 atom stereocenters. The van der Waals surface area contributed by atoms with Gasteiger partial charge in [-0.15, -0.1) is 0 Å². The van der Waals surface area contributed by atoms with E-state index in [-0.39, 0.29) is 17.5 Å². The van der Waals surface area contributed by atoms with Crippen molar-refractivity contribution >= 4 is 39.5 Å². The second kappa shape index (κ2) is 7.58. The highest BCUT2D eigenvalue weighted by Gasteiger charge is 2.40. The van der Waals surface area contributed by atoms with Gasteiger partial charge in [0.2, 0.25) is 0 Å². The molecule has 0 fully saturated rings. The van der Waals surface area contributed by atoms with Crippen molar-refractivity contribution in [3.8, 4) is 0 Å². The summed E-state index contributed by atoms with van der Waals surface area (Å²) in [7, 11) is 0. The zero-order chi connectivity index (χ0) is 21.4. The lowest BCUT2D eigenvalue weighted by molar-refractivity contribution is -0.120. The minimum atomic E-state index is -0.360. The minimum Gasteiger partial charge on any atom is -0.350 e. The lowest BCUT2D eigenvalue weighted by Gasteiger charge is -2.18. The van der Waals surface area contributed by atoms with E-state index in [1.54, 1.807) is 0 Å². The third-order valence-corrected chi connectivity index (χ3v) is 5.47. The highest BCUT2D eigenvalue weighted by molar-refractivity contribution is 6.47. The van der Waals surface area contributed by atoms with E-state index in [0.29, 0.717) is 16.8 Å². The van der Waals surface area contributed by atoms with Gasteiger partial charge < -0.3 is 5.32 Å². The first-order valence-corrected chi connectivity index (χ1v) is 10.1. The molecule has 0 saturated heterocycles. The maximum absolute atomic E-state index is 13.6. The molecule has 2 amide bonds. The molecular formula is C27H20N2O2. The third kappa shape index (κ3) is 3.28. The quantitative estimate of drug-likeness (QED) is 0.454. The van der Waals surface area contributed by atoms with Crippen molar-refractivity contribution in [2.24, 2.45) is 0 Å². The fourth-order valence-corrected chi connectivity index (χ4v) is 3.92. The molecule has 150 valence electrons. The molecule has 0 aromatic heterocycles. The molecule has 1 aliphatic heterocycles. The molecule has 4 aromatic rings. The zero-order valence-corrected chi connectivity index (χ0v) is 17.0. The molecule has 4 heteroatoms. The van der Waals surface area contributed by atoms with E-state index < -0.39 is 0 Å². The van der Waals surface area contributed by atoms with Crippen molar-refractivity contribution in [2.45, 2.75) is 6.92 Å². The number of nitrogens with one attached hydrogen (secondary N) is 1. The van der Waals surface area contributed by atoms with Gasteiger partial charge in [-0.2, -0.15) is 0 Å². The number of hydrogen-bond donors (Lipinski definition) is 1. The summed E-state index contributed by atoms with van der Waals surface area (Å²) in [6, 6.07) is 30.5. The van der Waals surface area contributed by atoms with Gasteiger partial charge in [0.25, 0.3) is 11.8 Å². The van der Waals surface area contributed by atoms with Crippen LogP contribution in [-0.2, 0) is 9.59 Å². The van der Waals surface area contributed by atoms with Crippen molar-refractivity contribution in [1.82, 2.24) is 0 Å². The Bertz CT molecular complexity index is 1330. The number of fused-ring (bicyclic) bond motifs is 1. The molecule has 4 aromatic carbocycles. The number of hydrogen-bond acceptors (Lipinski definition) is 3. The summed E-state index contributed by atoms with van der Waals surface area (Å²) in [6.07, 6.45) is 0. The van der Waals surface area contributed by atoms with E-state index in [2.05, 4.69) is 5.32 Å². The minimum absolute atomic E-state index is 0.285. The van der Waals surface area contributed by atoms with Gasteiger partial charge in [-0.05, 0) is 36.1 Å². The highest BCUT2D eigenvalue weighted by Crippen LogP contribution is 2.36. The maximum atomic E-state index is 13.6. The summed E-state index contributed by atoms with van der Waals surface area (Å²) < 4.78 is 0. The molecule has 1 aliphatic rings. The monoisotopic (exact) mass is 404 g/mol. The number of nitrogens with zero attached hydrogens (tertiary/aromatic N) is 1. The molecule has 1 heterocycles. The molecular weight excluding hydrogens is 384 g/mol. The summed E-state index contributed by atoms with van der Waals surface area (Å²) in [5.41, 5.74) is 3.83. The molecule has 0 spiro atoms. The van der Waals surface area contributed by atoms with Gasteiger partial charge in [0, 0.05) is 11.1 Å². The number of carbonyl (C=O) groups is 2. The van der Waals surface area contributed by atoms with Gasteiger partial charge in [0.1, 0.15) is 5.70 Å². The normalized spacial score (nSPS) is 13.9. The lowest BCUT2D eigenvalue weighted by Crippen LogP contribution is -2.32. The summed E-state index contributed by atoms with van der Waals surface area (Å²) in [4.78, 5) is 28.5. The van der Waals surface area contributed by atoms with Crippen LogP contribution in [0.3, 0.4) is 0 Å². The Morgan fingerprint density at radius 1 is 0.677 bits per heavy atom. The smallest absolute Gasteiger partial charge is 0.282 e. The molecule has 0 unspecified atom stereocenters. The van der Waals surface area contributed by atoms with Crippen molar-refractivity contribution in [3.05, 3.63) is 114 Å². The van der Waals surface area contributed by atoms with Gasteiger partial charge in [-0.3, -0.25) is 9.59 Å². The Morgan fingerprint density at radius 2 is 1.35 bits per heavy atom. The van der Waals surface area contributed by atoms with Gasteiger partial charge in [0.15, 0.2) is 0 Å². The fourth-order valence-electron chi connectivity index (χ4n) is 3.92. The van der Waals surface area contributed by atoms with Crippen molar-refractivity contribution in [3.63, 3.8) is 0 Å². The number of anilines is 2. The number of aryl methyl sites for hydroxylation is 1. The van der Waals surface area contributed by atoms with Crippen molar-refractivity contribution < 1.29 is 9.59 Å². The van der Waals surface area contributed by atoms with E-state index in [9.17, 15) is 9.59 Å². The fraction of sp³-hybridized carbons (Fsp3) is 0.0370. The molecule has 1 N–H and O–H groups in total. The van der Waals surface area contributed by atoms with E-state index in [1.807, 2.05) is 104 Å². The summed E-state index contributed by atoms with van der Waals surface area (Å²) in [5, 5.41) is 5.04. The van der Waals surface area contributed by atoms with Crippen LogP contribution in [0.5, 0.6) is 0 Å². The SMILES string of the molecule is Cc1ccc(NC2=C(c3ccccc3)C(=O)N(c3cccc4ccccc34)C2=O)cc1. The van der Waals surface area contributed by atoms with Crippen LogP contribution in [0.25, 0.3) is 16.3 Å². The topological polar surface area (TPSA) is 49.4 Å². The maximum Gasteiger partial charge on any atom is 0.282 e. The average Bonchev–Trinajstić information content (AvgIpc) is 3.04. The summed E-state index contributed by atoms with van der Waals surface area (Å²) >= 11 is 0. The number of rotatable bonds is 4. The van der Waals surface area contributed by atoms with E-state index in [0.717, 1.165) is 22.0 Å². The highest BCUT2D eigenvalue weighted by atomic mass is 16.2. The summed E-state index contributed by atoms with van der Waals surface area (Å²) in [6.45, 7) is 2.00. The van der Waals surface area contributed by atoms with Gasteiger partial charge in [0.05, 0.1) is 11.3 Å². The predicted molar refractivity (Wildman–Crippen MR) is 125 cm³/mol. The van der Waals surface area contributed by atoms with Crippen molar-refractivity contribution in [2.75, 3.05) is 10.2 Å². The second-order valence-corrected chi connectivity index (χ2v) is 7.55. The van der Waals surface area contributed by atoms with Crippen LogP contribution in [0.1, 0.15) is 11.1 Å². The second-order valence-electron chi connectivity index (χ2n) is 7.55.